The SMILES string of the molecule is C#CCOCC1CCN(C(=O)OC(C)(C)C)CC1C. The summed E-state index contributed by atoms with van der Waals surface area (Å²) in [7, 11) is 0. The molecule has 0 saturated carbocycles. The van der Waals surface area contributed by atoms with E-state index in [9.17, 15) is 4.79 Å². The van der Waals surface area contributed by atoms with Crippen molar-refractivity contribution < 1.29 is 14.3 Å². The van der Waals surface area contributed by atoms with E-state index in [0.29, 0.717) is 25.0 Å². The van der Waals surface area contributed by atoms with Crippen LogP contribution in [0, 0.1) is 24.2 Å². The molecule has 0 aliphatic carbocycles. The molecule has 1 amide bonds. The molecule has 0 aromatic carbocycles. The lowest BCUT2D eigenvalue weighted by Crippen LogP contribution is -2.46. The number of amides is 1. The van der Waals surface area contributed by atoms with Crippen LogP contribution in [-0.4, -0.2) is 42.9 Å². The lowest BCUT2D eigenvalue weighted by atomic mass is 9.88. The Labute approximate surface area is 116 Å². The first-order valence-electron chi connectivity index (χ1n) is 6.82. The van der Waals surface area contributed by atoms with Crippen molar-refractivity contribution >= 4 is 6.09 Å². The van der Waals surface area contributed by atoms with Crippen LogP contribution in [0.3, 0.4) is 0 Å². The number of terminal acetylenes is 1. The van der Waals surface area contributed by atoms with Crippen LogP contribution < -0.4 is 0 Å². The van der Waals surface area contributed by atoms with Crippen molar-refractivity contribution in [1.29, 1.82) is 0 Å². The smallest absolute Gasteiger partial charge is 0.410 e. The van der Waals surface area contributed by atoms with Crippen LogP contribution >= 0.6 is 0 Å². The van der Waals surface area contributed by atoms with E-state index in [1.54, 1.807) is 4.90 Å². The van der Waals surface area contributed by atoms with E-state index in [2.05, 4.69) is 12.8 Å². The molecule has 0 aromatic rings. The van der Waals surface area contributed by atoms with Crippen LogP contribution in [0.25, 0.3) is 0 Å². The Morgan fingerprint density at radius 3 is 2.68 bits per heavy atom. The van der Waals surface area contributed by atoms with Crippen LogP contribution in [0.15, 0.2) is 0 Å². The summed E-state index contributed by atoms with van der Waals surface area (Å²) in [6, 6.07) is 0. The van der Waals surface area contributed by atoms with E-state index in [4.69, 9.17) is 15.9 Å². The fraction of sp³-hybridized carbons (Fsp3) is 0.800. The Balaban J connectivity index is 2.41. The first-order valence-corrected chi connectivity index (χ1v) is 6.82. The Morgan fingerprint density at radius 2 is 2.16 bits per heavy atom. The fourth-order valence-electron chi connectivity index (χ4n) is 2.20. The van der Waals surface area contributed by atoms with Gasteiger partial charge in [-0.2, -0.15) is 0 Å². The Hall–Kier alpha value is -1.21. The van der Waals surface area contributed by atoms with Gasteiger partial charge in [-0.15, -0.1) is 6.42 Å². The summed E-state index contributed by atoms with van der Waals surface area (Å²) in [5, 5.41) is 0. The Kier molecular flexibility index (Phi) is 5.68. The molecule has 0 N–H and O–H groups in total. The van der Waals surface area contributed by atoms with Gasteiger partial charge >= 0.3 is 6.09 Å². The molecule has 108 valence electrons. The molecule has 1 rings (SSSR count). The number of nitrogens with zero attached hydrogens (tertiary/aromatic N) is 1. The van der Waals surface area contributed by atoms with Gasteiger partial charge < -0.3 is 14.4 Å². The topological polar surface area (TPSA) is 38.8 Å². The average Bonchev–Trinajstić information content (AvgIpc) is 2.29. The molecule has 1 aliphatic heterocycles. The number of rotatable bonds is 3. The third kappa shape index (κ3) is 5.52. The summed E-state index contributed by atoms with van der Waals surface area (Å²) in [6.07, 6.45) is 5.87. The van der Waals surface area contributed by atoms with Gasteiger partial charge in [0.05, 0.1) is 6.61 Å². The number of likely N-dealkylation sites (tertiary alicyclic amines) is 1. The molecule has 0 bridgehead atoms. The summed E-state index contributed by atoms with van der Waals surface area (Å²) in [5.74, 6) is 3.33. The first kappa shape index (κ1) is 15.8. The maximum absolute atomic E-state index is 12.0. The number of carbonyl (C=O) groups excluding carboxylic acids is 1. The van der Waals surface area contributed by atoms with Gasteiger partial charge in [0.2, 0.25) is 0 Å². The van der Waals surface area contributed by atoms with Crippen LogP contribution in [0.4, 0.5) is 4.79 Å². The van der Waals surface area contributed by atoms with Gasteiger partial charge in [-0.3, -0.25) is 0 Å². The van der Waals surface area contributed by atoms with Crippen molar-refractivity contribution in [3.8, 4) is 12.3 Å². The van der Waals surface area contributed by atoms with Gasteiger partial charge in [0.1, 0.15) is 12.2 Å². The van der Waals surface area contributed by atoms with Crippen molar-refractivity contribution in [3.63, 3.8) is 0 Å². The van der Waals surface area contributed by atoms with E-state index < -0.39 is 5.60 Å². The molecule has 2 atom stereocenters. The molecule has 1 saturated heterocycles. The second-order valence-corrected chi connectivity index (χ2v) is 6.17. The molecule has 0 radical (unpaired) electrons. The largest absolute Gasteiger partial charge is 0.444 e. The van der Waals surface area contributed by atoms with Crippen LogP contribution in [0.1, 0.15) is 34.1 Å². The van der Waals surface area contributed by atoms with E-state index in [1.165, 1.54) is 0 Å². The van der Waals surface area contributed by atoms with E-state index in [0.717, 1.165) is 19.5 Å². The summed E-state index contributed by atoms with van der Waals surface area (Å²) < 4.78 is 10.8. The Morgan fingerprint density at radius 1 is 1.47 bits per heavy atom. The van der Waals surface area contributed by atoms with Gasteiger partial charge in [-0.1, -0.05) is 12.8 Å². The quantitative estimate of drug-likeness (QED) is 0.582. The molecule has 19 heavy (non-hydrogen) atoms. The van der Waals surface area contributed by atoms with Crippen molar-refractivity contribution in [2.24, 2.45) is 11.8 Å². The highest BCUT2D eigenvalue weighted by Crippen LogP contribution is 2.24. The monoisotopic (exact) mass is 267 g/mol. The second-order valence-electron chi connectivity index (χ2n) is 6.17. The van der Waals surface area contributed by atoms with Gasteiger partial charge in [-0.25, -0.2) is 4.79 Å². The van der Waals surface area contributed by atoms with Crippen molar-refractivity contribution in [2.45, 2.75) is 39.7 Å². The third-order valence-corrected chi connectivity index (χ3v) is 3.25. The van der Waals surface area contributed by atoms with Gasteiger partial charge in [0, 0.05) is 13.1 Å². The van der Waals surface area contributed by atoms with E-state index >= 15 is 0 Å². The molecule has 1 heterocycles. The molecule has 0 spiro atoms. The van der Waals surface area contributed by atoms with Crippen LogP contribution in [0.5, 0.6) is 0 Å². The highest BCUT2D eigenvalue weighted by Gasteiger charge is 2.31. The minimum atomic E-state index is -0.437. The maximum Gasteiger partial charge on any atom is 0.410 e. The lowest BCUT2D eigenvalue weighted by molar-refractivity contribution is 0.00232. The van der Waals surface area contributed by atoms with Gasteiger partial charge in [-0.05, 0) is 39.0 Å². The standard InChI is InChI=1S/C15H25NO3/c1-6-9-18-11-13-7-8-16(10-12(13)2)14(17)19-15(3,4)5/h1,12-13H,7-11H2,2-5H3. The molecule has 2 unspecified atom stereocenters. The minimum absolute atomic E-state index is 0.220. The van der Waals surface area contributed by atoms with Gasteiger partial charge in [0.25, 0.3) is 0 Å². The number of ether oxygens (including phenoxy) is 2. The van der Waals surface area contributed by atoms with E-state index in [-0.39, 0.29) is 6.09 Å². The summed E-state index contributed by atoms with van der Waals surface area (Å²) in [6.45, 7) is 10.3. The zero-order chi connectivity index (χ0) is 14.5. The highest BCUT2D eigenvalue weighted by molar-refractivity contribution is 5.68. The molecule has 4 heteroatoms. The zero-order valence-corrected chi connectivity index (χ0v) is 12.4. The van der Waals surface area contributed by atoms with E-state index in [1.807, 2.05) is 20.8 Å². The fourth-order valence-corrected chi connectivity index (χ4v) is 2.20. The number of piperidine rings is 1. The summed E-state index contributed by atoms with van der Waals surface area (Å²) >= 11 is 0. The minimum Gasteiger partial charge on any atom is -0.444 e. The predicted molar refractivity (Wildman–Crippen MR) is 74.7 cm³/mol. The summed E-state index contributed by atoms with van der Waals surface area (Å²) in [5.41, 5.74) is -0.437. The van der Waals surface area contributed by atoms with Crippen molar-refractivity contribution in [2.75, 3.05) is 26.3 Å². The number of hydrogen-bond acceptors (Lipinski definition) is 3. The average molecular weight is 267 g/mol. The summed E-state index contributed by atoms with van der Waals surface area (Å²) in [4.78, 5) is 13.8. The second kappa shape index (κ2) is 6.81. The molecular weight excluding hydrogens is 242 g/mol. The third-order valence-electron chi connectivity index (χ3n) is 3.25. The van der Waals surface area contributed by atoms with Crippen molar-refractivity contribution in [1.82, 2.24) is 4.90 Å². The normalized spacial score (nSPS) is 23.8. The molecular formula is C15H25NO3. The molecule has 1 fully saturated rings. The first-order chi connectivity index (χ1) is 8.83. The maximum atomic E-state index is 12.0. The molecule has 4 nitrogen and oxygen atoms in total. The molecule has 1 aliphatic rings. The van der Waals surface area contributed by atoms with Gasteiger partial charge in [0.15, 0.2) is 0 Å². The highest BCUT2D eigenvalue weighted by atomic mass is 16.6. The number of hydrogen-bond donors (Lipinski definition) is 0. The van der Waals surface area contributed by atoms with Crippen LogP contribution in [-0.2, 0) is 9.47 Å². The van der Waals surface area contributed by atoms with Crippen LogP contribution in [0.2, 0.25) is 0 Å². The Bertz CT molecular complexity index is 340. The molecule has 0 aromatic heterocycles. The zero-order valence-electron chi connectivity index (χ0n) is 12.4. The lowest BCUT2D eigenvalue weighted by Gasteiger charge is -2.37. The number of carbonyl (C=O) groups is 1. The predicted octanol–water partition coefficient (Wildman–Crippen LogP) is 2.53. The van der Waals surface area contributed by atoms with Crippen molar-refractivity contribution in [3.05, 3.63) is 0 Å².